The summed E-state index contributed by atoms with van der Waals surface area (Å²) in [4.78, 5) is 15.6. The van der Waals surface area contributed by atoms with Gasteiger partial charge in [-0.25, -0.2) is 9.07 Å². The third kappa shape index (κ3) is 5.25. The van der Waals surface area contributed by atoms with E-state index in [0.29, 0.717) is 24.0 Å². The van der Waals surface area contributed by atoms with Crippen LogP contribution in [0.1, 0.15) is 48.7 Å². The monoisotopic (exact) mass is 434 g/mol. The Hall–Kier alpha value is -2.99. The van der Waals surface area contributed by atoms with Crippen LogP contribution in [0.3, 0.4) is 0 Å². The number of likely N-dealkylation sites (tertiary alicyclic amines) is 1. The van der Waals surface area contributed by atoms with Gasteiger partial charge >= 0.3 is 0 Å². The van der Waals surface area contributed by atoms with Crippen LogP contribution in [0.25, 0.3) is 16.9 Å². The molecule has 168 valence electrons. The van der Waals surface area contributed by atoms with Crippen molar-refractivity contribution < 1.29 is 9.18 Å². The maximum atomic E-state index is 13.4. The Morgan fingerprint density at radius 3 is 2.59 bits per heavy atom. The molecule has 1 saturated heterocycles. The van der Waals surface area contributed by atoms with Crippen molar-refractivity contribution in [2.45, 2.75) is 45.6 Å². The SMILES string of the molecule is Cc1ccc(-n2nc(-c3ccc(F)cc3)cc2C(=O)NCCCN2CCCCC2C)cc1. The van der Waals surface area contributed by atoms with Gasteiger partial charge in [-0.3, -0.25) is 4.79 Å². The van der Waals surface area contributed by atoms with Gasteiger partial charge in [0, 0.05) is 24.7 Å². The zero-order valence-electron chi connectivity index (χ0n) is 18.9. The highest BCUT2D eigenvalue weighted by Gasteiger charge is 2.19. The molecule has 2 heterocycles. The van der Waals surface area contributed by atoms with E-state index in [4.69, 9.17) is 0 Å². The van der Waals surface area contributed by atoms with Crippen LogP contribution < -0.4 is 5.32 Å². The average Bonchev–Trinajstić information content (AvgIpc) is 3.24. The maximum Gasteiger partial charge on any atom is 0.270 e. The number of halogens is 1. The minimum absolute atomic E-state index is 0.155. The van der Waals surface area contributed by atoms with Gasteiger partial charge in [0.25, 0.3) is 5.91 Å². The normalized spacial score (nSPS) is 16.8. The van der Waals surface area contributed by atoms with E-state index in [9.17, 15) is 9.18 Å². The Balaban J connectivity index is 1.49. The molecule has 0 radical (unpaired) electrons. The topological polar surface area (TPSA) is 50.2 Å². The lowest BCUT2D eigenvalue weighted by molar-refractivity contribution is 0.0941. The molecule has 1 unspecified atom stereocenters. The van der Waals surface area contributed by atoms with Gasteiger partial charge in [-0.05, 0) is 82.1 Å². The first kappa shape index (κ1) is 22.2. The molecule has 2 aromatic carbocycles. The number of nitrogens with one attached hydrogen (secondary N) is 1. The Bertz CT molecular complexity index is 1040. The molecule has 0 aliphatic carbocycles. The lowest BCUT2D eigenvalue weighted by Crippen LogP contribution is -2.39. The second-order valence-corrected chi connectivity index (χ2v) is 8.66. The number of aryl methyl sites for hydroxylation is 1. The zero-order chi connectivity index (χ0) is 22.5. The molecular weight excluding hydrogens is 403 g/mol. The van der Waals surface area contributed by atoms with Gasteiger partial charge in [-0.1, -0.05) is 24.1 Å². The van der Waals surface area contributed by atoms with Crippen molar-refractivity contribution in [3.8, 4) is 16.9 Å². The van der Waals surface area contributed by atoms with Crippen LogP contribution >= 0.6 is 0 Å². The van der Waals surface area contributed by atoms with E-state index < -0.39 is 0 Å². The van der Waals surface area contributed by atoms with Crippen molar-refractivity contribution >= 4 is 5.91 Å². The van der Waals surface area contributed by atoms with Crippen molar-refractivity contribution in [1.29, 1.82) is 0 Å². The summed E-state index contributed by atoms with van der Waals surface area (Å²) < 4.78 is 15.0. The van der Waals surface area contributed by atoms with Crippen LogP contribution in [0.5, 0.6) is 0 Å². The molecule has 32 heavy (non-hydrogen) atoms. The van der Waals surface area contributed by atoms with E-state index in [-0.39, 0.29) is 11.7 Å². The van der Waals surface area contributed by atoms with Crippen molar-refractivity contribution in [1.82, 2.24) is 20.0 Å². The first-order chi connectivity index (χ1) is 15.5. The molecule has 1 N–H and O–H groups in total. The van der Waals surface area contributed by atoms with Crippen LogP contribution in [0.15, 0.2) is 54.6 Å². The molecule has 6 heteroatoms. The van der Waals surface area contributed by atoms with E-state index >= 15 is 0 Å². The zero-order valence-corrected chi connectivity index (χ0v) is 18.9. The summed E-state index contributed by atoms with van der Waals surface area (Å²) in [5, 5.41) is 7.73. The fraction of sp³-hybridized carbons (Fsp3) is 0.385. The molecule has 5 nitrogen and oxygen atoms in total. The summed E-state index contributed by atoms with van der Waals surface area (Å²) in [7, 11) is 0. The van der Waals surface area contributed by atoms with E-state index in [1.807, 2.05) is 31.2 Å². The highest BCUT2D eigenvalue weighted by molar-refractivity contribution is 5.94. The van der Waals surface area contributed by atoms with E-state index in [1.165, 1.54) is 31.4 Å². The fourth-order valence-corrected chi connectivity index (χ4v) is 4.25. The van der Waals surface area contributed by atoms with Crippen LogP contribution in [0.4, 0.5) is 4.39 Å². The second kappa shape index (κ2) is 10.1. The maximum absolute atomic E-state index is 13.4. The third-order valence-electron chi connectivity index (χ3n) is 6.21. The molecule has 0 spiro atoms. The first-order valence-electron chi connectivity index (χ1n) is 11.5. The molecular formula is C26H31FN4O. The summed E-state index contributed by atoms with van der Waals surface area (Å²) in [5.41, 5.74) is 3.83. The Morgan fingerprint density at radius 2 is 1.88 bits per heavy atom. The molecule has 4 rings (SSSR count). The van der Waals surface area contributed by atoms with Gasteiger partial charge in [0.1, 0.15) is 11.5 Å². The van der Waals surface area contributed by atoms with Crippen LogP contribution in [0, 0.1) is 12.7 Å². The molecule has 1 fully saturated rings. The predicted octanol–water partition coefficient (Wildman–Crippen LogP) is 4.98. The number of hydrogen-bond donors (Lipinski definition) is 1. The Kier molecular flexibility index (Phi) is 7.00. The number of amides is 1. The van der Waals surface area contributed by atoms with Gasteiger partial charge in [0.15, 0.2) is 0 Å². The highest BCUT2D eigenvalue weighted by Crippen LogP contribution is 2.23. The lowest BCUT2D eigenvalue weighted by Gasteiger charge is -2.33. The van der Waals surface area contributed by atoms with E-state index in [1.54, 1.807) is 22.9 Å². The van der Waals surface area contributed by atoms with Gasteiger partial charge in [-0.15, -0.1) is 0 Å². The molecule has 0 saturated carbocycles. The number of nitrogens with zero attached hydrogens (tertiary/aromatic N) is 3. The minimum atomic E-state index is -0.298. The van der Waals surface area contributed by atoms with Gasteiger partial charge in [0.2, 0.25) is 0 Å². The molecule has 0 bridgehead atoms. The number of carbonyl (C=O) groups is 1. The third-order valence-corrected chi connectivity index (χ3v) is 6.21. The van der Waals surface area contributed by atoms with E-state index in [0.717, 1.165) is 36.3 Å². The summed E-state index contributed by atoms with van der Waals surface area (Å²) in [6, 6.07) is 16.5. The Labute approximate surface area is 189 Å². The van der Waals surface area contributed by atoms with Crippen molar-refractivity contribution in [3.63, 3.8) is 0 Å². The molecule has 1 aliphatic rings. The number of hydrogen-bond acceptors (Lipinski definition) is 3. The van der Waals surface area contributed by atoms with Crippen molar-refractivity contribution in [2.24, 2.45) is 0 Å². The lowest BCUT2D eigenvalue weighted by atomic mass is 10.0. The Morgan fingerprint density at radius 1 is 1.12 bits per heavy atom. The largest absolute Gasteiger partial charge is 0.351 e. The first-order valence-corrected chi connectivity index (χ1v) is 11.5. The number of rotatable bonds is 7. The number of carbonyl (C=O) groups excluding carboxylic acids is 1. The van der Waals surface area contributed by atoms with Crippen molar-refractivity contribution in [2.75, 3.05) is 19.6 Å². The van der Waals surface area contributed by atoms with Gasteiger partial charge < -0.3 is 10.2 Å². The van der Waals surface area contributed by atoms with Gasteiger partial charge in [-0.2, -0.15) is 5.10 Å². The fourth-order valence-electron chi connectivity index (χ4n) is 4.25. The average molecular weight is 435 g/mol. The molecule has 1 aromatic heterocycles. The molecule has 1 amide bonds. The summed E-state index contributed by atoms with van der Waals surface area (Å²) in [6.07, 6.45) is 4.75. The smallest absolute Gasteiger partial charge is 0.270 e. The molecule has 3 aromatic rings. The predicted molar refractivity (Wildman–Crippen MR) is 126 cm³/mol. The summed E-state index contributed by atoms with van der Waals surface area (Å²) in [6.45, 7) is 7.07. The summed E-state index contributed by atoms with van der Waals surface area (Å²) in [5.74, 6) is -0.453. The second-order valence-electron chi connectivity index (χ2n) is 8.66. The molecule has 1 aliphatic heterocycles. The highest BCUT2D eigenvalue weighted by atomic mass is 19.1. The van der Waals surface area contributed by atoms with Gasteiger partial charge in [0.05, 0.1) is 11.4 Å². The van der Waals surface area contributed by atoms with Crippen LogP contribution in [0.2, 0.25) is 0 Å². The van der Waals surface area contributed by atoms with E-state index in [2.05, 4.69) is 22.2 Å². The van der Waals surface area contributed by atoms with Crippen LogP contribution in [-0.4, -0.2) is 46.3 Å². The number of aromatic nitrogens is 2. The number of benzene rings is 2. The summed E-state index contributed by atoms with van der Waals surface area (Å²) >= 11 is 0. The molecule has 1 atom stereocenters. The van der Waals surface area contributed by atoms with Crippen molar-refractivity contribution in [3.05, 3.63) is 71.7 Å². The quantitative estimate of drug-likeness (QED) is 0.534. The number of piperidine rings is 1. The van der Waals surface area contributed by atoms with Crippen LogP contribution in [-0.2, 0) is 0 Å². The minimum Gasteiger partial charge on any atom is -0.351 e. The standard InChI is InChI=1S/C26H31FN4O/c1-19-7-13-23(14-8-19)31-25(18-24(29-31)21-9-11-22(27)12-10-21)26(32)28-15-5-17-30-16-4-3-6-20(30)2/h7-14,18,20H,3-6,15-17H2,1-2H3,(H,28,32).